The summed E-state index contributed by atoms with van der Waals surface area (Å²) in [6.07, 6.45) is 3.45. The van der Waals surface area contributed by atoms with Crippen LogP contribution in [0.15, 0.2) is 24.3 Å². The molecule has 140 valence electrons. The van der Waals surface area contributed by atoms with Crippen molar-refractivity contribution in [3.63, 3.8) is 0 Å². The molecule has 1 saturated heterocycles. The maximum Gasteiger partial charge on any atom is 0.251 e. The highest BCUT2D eigenvalue weighted by atomic mass is 16.2. The molecule has 2 fully saturated rings. The number of hydrogen-bond acceptors (Lipinski definition) is 4. The summed E-state index contributed by atoms with van der Waals surface area (Å²) in [7, 11) is 1.92. The Labute approximate surface area is 153 Å². The molecular weight excluding hydrogens is 332 g/mol. The van der Waals surface area contributed by atoms with Crippen molar-refractivity contribution in [2.75, 3.05) is 31.6 Å². The van der Waals surface area contributed by atoms with Gasteiger partial charge in [0.05, 0.1) is 12.5 Å². The standard InChI is InChI=1S/C19H26N4O3/c1-22-10-11-23(17(24)12-22)14-8-6-13(7-9-14)19(26)21-16-5-3-2-4-15(16)18(20)25/h6-9,15-16H,2-5,10-12H2,1H3,(H2,20,25)(H,21,26). The van der Waals surface area contributed by atoms with Gasteiger partial charge in [0.15, 0.2) is 0 Å². The molecule has 7 heteroatoms. The van der Waals surface area contributed by atoms with Gasteiger partial charge in [-0.3, -0.25) is 19.3 Å². The molecule has 7 nitrogen and oxygen atoms in total. The van der Waals surface area contributed by atoms with Crippen molar-refractivity contribution in [3.8, 4) is 0 Å². The summed E-state index contributed by atoms with van der Waals surface area (Å²) in [4.78, 5) is 40.0. The predicted molar refractivity (Wildman–Crippen MR) is 98.7 cm³/mol. The van der Waals surface area contributed by atoms with Gasteiger partial charge in [-0.05, 0) is 44.2 Å². The first kappa shape index (κ1) is 18.4. The Morgan fingerprint density at radius 3 is 2.46 bits per heavy atom. The Bertz CT molecular complexity index is 689. The number of primary amides is 1. The fourth-order valence-corrected chi connectivity index (χ4v) is 3.75. The minimum absolute atomic E-state index is 0.0578. The number of benzene rings is 1. The molecular formula is C19H26N4O3. The molecule has 26 heavy (non-hydrogen) atoms. The van der Waals surface area contributed by atoms with Crippen molar-refractivity contribution in [1.82, 2.24) is 10.2 Å². The van der Waals surface area contributed by atoms with Crippen LogP contribution in [0.5, 0.6) is 0 Å². The van der Waals surface area contributed by atoms with Gasteiger partial charge in [-0.1, -0.05) is 12.8 Å². The lowest BCUT2D eigenvalue weighted by atomic mass is 9.84. The lowest BCUT2D eigenvalue weighted by Gasteiger charge is -2.32. The molecule has 3 rings (SSSR count). The highest BCUT2D eigenvalue weighted by molar-refractivity contribution is 5.98. The first-order valence-corrected chi connectivity index (χ1v) is 9.15. The van der Waals surface area contributed by atoms with E-state index in [9.17, 15) is 14.4 Å². The number of rotatable bonds is 4. The van der Waals surface area contributed by atoms with Crippen molar-refractivity contribution in [3.05, 3.63) is 29.8 Å². The normalized spacial score (nSPS) is 24.3. The number of nitrogens with zero attached hydrogens (tertiary/aromatic N) is 2. The third-order valence-electron chi connectivity index (χ3n) is 5.30. The highest BCUT2D eigenvalue weighted by Gasteiger charge is 2.30. The van der Waals surface area contributed by atoms with Crippen LogP contribution in [-0.4, -0.2) is 55.3 Å². The van der Waals surface area contributed by atoms with Crippen molar-refractivity contribution in [1.29, 1.82) is 0 Å². The van der Waals surface area contributed by atoms with E-state index in [0.29, 0.717) is 18.7 Å². The molecule has 2 aliphatic rings. The molecule has 1 saturated carbocycles. The third-order valence-corrected chi connectivity index (χ3v) is 5.30. The predicted octanol–water partition coefficient (Wildman–Crippen LogP) is 0.739. The number of carbonyl (C=O) groups is 3. The Balaban J connectivity index is 1.65. The molecule has 2 atom stereocenters. The maximum atomic E-state index is 12.5. The molecule has 1 aromatic carbocycles. The van der Waals surface area contributed by atoms with Gasteiger partial charge in [-0.15, -0.1) is 0 Å². The SMILES string of the molecule is CN1CCN(c2ccc(C(=O)NC3CCCCC3C(N)=O)cc2)C(=O)C1. The van der Waals surface area contributed by atoms with Crippen LogP contribution in [0.3, 0.4) is 0 Å². The number of hydrogen-bond donors (Lipinski definition) is 2. The van der Waals surface area contributed by atoms with E-state index in [2.05, 4.69) is 5.32 Å². The van der Waals surface area contributed by atoms with Gasteiger partial charge >= 0.3 is 0 Å². The summed E-state index contributed by atoms with van der Waals surface area (Å²) in [5, 5.41) is 2.95. The molecule has 0 radical (unpaired) electrons. The first-order chi connectivity index (χ1) is 12.5. The van der Waals surface area contributed by atoms with Crippen LogP contribution in [0.2, 0.25) is 0 Å². The van der Waals surface area contributed by atoms with Gasteiger partial charge < -0.3 is 16.0 Å². The Morgan fingerprint density at radius 1 is 1.12 bits per heavy atom. The number of piperazine rings is 1. The van der Waals surface area contributed by atoms with Crippen LogP contribution < -0.4 is 16.0 Å². The van der Waals surface area contributed by atoms with Crippen LogP contribution >= 0.6 is 0 Å². The minimum Gasteiger partial charge on any atom is -0.369 e. The fourth-order valence-electron chi connectivity index (χ4n) is 3.75. The number of amides is 3. The Kier molecular flexibility index (Phi) is 5.56. The van der Waals surface area contributed by atoms with E-state index in [1.54, 1.807) is 29.2 Å². The van der Waals surface area contributed by atoms with Crippen molar-refractivity contribution < 1.29 is 14.4 Å². The fraction of sp³-hybridized carbons (Fsp3) is 0.526. The summed E-state index contributed by atoms with van der Waals surface area (Å²) in [5.74, 6) is -0.796. The van der Waals surface area contributed by atoms with E-state index in [0.717, 1.165) is 37.9 Å². The smallest absolute Gasteiger partial charge is 0.251 e. The molecule has 0 spiro atoms. The topological polar surface area (TPSA) is 95.7 Å². The molecule has 2 unspecified atom stereocenters. The zero-order valence-corrected chi connectivity index (χ0v) is 15.1. The van der Waals surface area contributed by atoms with Gasteiger partial charge in [0.25, 0.3) is 5.91 Å². The van der Waals surface area contributed by atoms with E-state index >= 15 is 0 Å². The number of carbonyl (C=O) groups excluding carboxylic acids is 3. The maximum absolute atomic E-state index is 12.5. The van der Waals surface area contributed by atoms with Crippen LogP contribution in [0.4, 0.5) is 5.69 Å². The largest absolute Gasteiger partial charge is 0.369 e. The molecule has 0 bridgehead atoms. The quantitative estimate of drug-likeness (QED) is 0.830. The summed E-state index contributed by atoms with van der Waals surface area (Å²) in [6, 6.07) is 6.83. The summed E-state index contributed by atoms with van der Waals surface area (Å²) in [5.41, 5.74) is 6.78. The second-order valence-electron chi connectivity index (χ2n) is 7.20. The van der Waals surface area contributed by atoms with E-state index in [1.165, 1.54) is 0 Å². The molecule has 3 amide bonds. The van der Waals surface area contributed by atoms with Gasteiger partial charge in [-0.2, -0.15) is 0 Å². The average molecular weight is 358 g/mol. The lowest BCUT2D eigenvalue weighted by Crippen LogP contribution is -2.49. The van der Waals surface area contributed by atoms with Crippen LogP contribution in [0.1, 0.15) is 36.0 Å². The van der Waals surface area contributed by atoms with E-state index < -0.39 is 0 Å². The van der Waals surface area contributed by atoms with E-state index in [-0.39, 0.29) is 29.7 Å². The molecule has 0 aromatic heterocycles. The summed E-state index contributed by atoms with van der Waals surface area (Å²) < 4.78 is 0. The number of anilines is 1. The monoisotopic (exact) mass is 358 g/mol. The van der Waals surface area contributed by atoms with E-state index in [1.807, 2.05) is 11.9 Å². The molecule has 1 aliphatic carbocycles. The van der Waals surface area contributed by atoms with Crippen LogP contribution in [-0.2, 0) is 9.59 Å². The highest BCUT2D eigenvalue weighted by Crippen LogP contribution is 2.25. The zero-order valence-electron chi connectivity index (χ0n) is 15.1. The van der Waals surface area contributed by atoms with Crippen LogP contribution in [0.25, 0.3) is 0 Å². The van der Waals surface area contributed by atoms with Crippen LogP contribution in [0, 0.1) is 5.92 Å². The Hall–Kier alpha value is -2.41. The minimum atomic E-state index is -0.348. The van der Waals surface area contributed by atoms with Gasteiger partial charge in [0.1, 0.15) is 0 Å². The lowest BCUT2D eigenvalue weighted by molar-refractivity contribution is -0.123. The second kappa shape index (κ2) is 7.86. The average Bonchev–Trinajstić information content (AvgIpc) is 2.62. The van der Waals surface area contributed by atoms with E-state index in [4.69, 9.17) is 5.73 Å². The third kappa shape index (κ3) is 4.04. The molecule has 1 aliphatic heterocycles. The summed E-state index contributed by atoms with van der Waals surface area (Å²) in [6.45, 7) is 1.87. The number of likely N-dealkylation sites (N-methyl/N-ethyl adjacent to an activating group) is 1. The summed E-state index contributed by atoms with van der Waals surface area (Å²) >= 11 is 0. The zero-order chi connectivity index (χ0) is 18.7. The first-order valence-electron chi connectivity index (χ1n) is 9.15. The van der Waals surface area contributed by atoms with Crippen molar-refractivity contribution in [2.24, 2.45) is 11.7 Å². The van der Waals surface area contributed by atoms with Gasteiger partial charge in [-0.25, -0.2) is 0 Å². The number of nitrogens with one attached hydrogen (secondary N) is 1. The Morgan fingerprint density at radius 2 is 1.81 bits per heavy atom. The molecule has 1 aromatic rings. The van der Waals surface area contributed by atoms with Gasteiger partial charge in [0.2, 0.25) is 11.8 Å². The second-order valence-corrected chi connectivity index (χ2v) is 7.20. The van der Waals surface area contributed by atoms with Gasteiger partial charge in [0, 0.05) is 30.4 Å². The number of nitrogens with two attached hydrogens (primary N) is 1. The molecule has 1 heterocycles. The van der Waals surface area contributed by atoms with Crippen molar-refractivity contribution in [2.45, 2.75) is 31.7 Å². The molecule has 3 N–H and O–H groups in total. The van der Waals surface area contributed by atoms with Crippen molar-refractivity contribution >= 4 is 23.4 Å².